The van der Waals surface area contributed by atoms with Crippen LogP contribution in [0.5, 0.6) is 0 Å². The number of likely N-dealkylation sites (tertiary alicyclic amines) is 1. The highest BCUT2D eigenvalue weighted by molar-refractivity contribution is 4.84. The van der Waals surface area contributed by atoms with Crippen molar-refractivity contribution in [3.8, 4) is 0 Å². The summed E-state index contributed by atoms with van der Waals surface area (Å²) < 4.78 is 5.77. The summed E-state index contributed by atoms with van der Waals surface area (Å²) in [5.41, 5.74) is 0. The molecule has 2 saturated heterocycles. The average molecular weight is 226 g/mol. The first kappa shape index (κ1) is 12.3. The Labute approximate surface area is 99.5 Å². The van der Waals surface area contributed by atoms with Gasteiger partial charge in [-0.05, 0) is 59.7 Å². The molecule has 0 radical (unpaired) electrons. The fourth-order valence-electron chi connectivity index (χ4n) is 3.05. The van der Waals surface area contributed by atoms with Gasteiger partial charge in [-0.25, -0.2) is 0 Å². The largest absolute Gasteiger partial charge is 0.375 e. The Kier molecular flexibility index (Phi) is 4.22. The molecule has 0 aromatic rings. The van der Waals surface area contributed by atoms with Crippen molar-refractivity contribution in [2.75, 3.05) is 20.1 Å². The summed E-state index contributed by atoms with van der Waals surface area (Å²) in [7, 11) is 2.22. The predicted molar refractivity (Wildman–Crippen MR) is 66.7 cm³/mol. The van der Waals surface area contributed by atoms with Gasteiger partial charge in [-0.15, -0.1) is 0 Å². The van der Waals surface area contributed by atoms with E-state index in [1.807, 2.05) is 0 Å². The zero-order chi connectivity index (χ0) is 11.5. The monoisotopic (exact) mass is 226 g/mol. The number of nitrogens with zero attached hydrogens (tertiary/aromatic N) is 1. The van der Waals surface area contributed by atoms with Crippen molar-refractivity contribution in [3.05, 3.63) is 0 Å². The number of hydrogen-bond acceptors (Lipinski definition) is 3. The van der Waals surface area contributed by atoms with Crippen LogP contribution in [0.2, 0.25) is 0 Å². The van der Waals surface area contributed by atoms with Gasteiger partial charge in [0.2, 0.25) is 0 Å². The Bertz CT molecular complexity index is 204. The minimum Gasteiger partial charge on any atom is -0.375 e. The second-order valence-corrected chi connectivity index (χ2v) is 5.67. The molecule has 0 bridgehead atoms. The Hall–Kier alpha value is -0.120. The van der Waals surface area contributed by atoms with Gasteiger partial charge in [0.15, 0.2) is 0 Å². The van der Waals surface area contributed by atoms with E-state index in [-0.39, 0.29) is 0 Å². The molecule has 2 atom stereocenters. The van der Waals surface area contributed by atoms with E-state index >= 15 is 0 Å². The smallest absolute Gasteiger partial charge is 0.0565 e. The van der Waals surface area contributed by atoms with Gasteiger partial charge in [0, 0.05) is 12.1 Å². The van der Waals surface area contributed by atoms with Gasteiger partial charge >= 0.3 is 0 Å². The fraction of sp³-hybridized carbons (Fsp3) is 1.00. The number of nitrogens with one attached hydrogen (secondary N) is 1. The molecule has 3 nitrogen and oxygen atoms in total. The van der Waals surface area contributed by atoms with Gasteiger partial charge in [0.05, 0.1) is 12.2 Å². The Balaban J connectivity index is 1.76. The van der Waals surface area contributed by atoms with E-state index in [0.717, 1.165) is 6.04 Å². The first-order chi connectivity index (χ1) is 7.63. The van der Waals surface area contributed by atoms with Crippen LogP contribution in [0, 0.1) is 0 Å². The second-order valence-electron chi connectivity index (χ2n) is 5.67. The van der Waals surface area contributed by atoms with E-state index in [1.165, 1.54) is 38.8 Å². The summed E-state index contributed by atoms with van der Waals surface area (Å²) in [6.45, 7) is 6.87. The van der Waals surface area contributed by atoms with Crippen LogP contribution in [0.4, 0.5) is 0 Å². The van der Waals surface area contributed by atoms with E-state index in [1.54, 1.807) is 0 Å². The molecular formula is C13H26N2O. The molecular weight excluding hydrogens is 200 g/mol. The predicted octanol–water partition coefficient (Wildman–Crippen LogP) is 1.63. The van der Waals surface area contributed by atoms with Crippen LogP contribution < -0.4 is 5.32 Å². The van der Waals surface area contributed by atoms with Crippen molar-refractivity contribution in [1.29, 1.82) is 0 Å². The van der Waals surface area contributed by atoms with Crippen molar-refractivity contribution in [2.45, 2.75) is 63.8 Å². The lowest BCUT2D eigenvalue weighted by Crippen LogP contribution is -2.49. The summed E-state index contributed by atoms with van der Waals surface area (Å²) in [5.74, 6) is 0. The SMILES string of the molecule is CC1CC(NC2CCN(C)CC2)CC(C)O1. The number of piperidine rings is 1. The van der Waals surface area contributed by atoms with Gasteiger partial charge in [0.1, 0.15) is 0 Å². The standard InChI is InChI=1S/C13H26N2O/c1-10-8-13(9-11(2)16-10)14-12-4-6-15(3)7-5-12/h10-14H,4-9H2,1-3H3. The lowest BCUT2D eigenvalue weighted by atomic mass is 9.96. The lowest BCUT2D eigenvalue weighted by Gasteiger charge is -2.37. The Morgan fingerprint density at radius 3 is 2.12 bits per heavy atom. The first-order valence-electron chi connectivity index (χ1n) is 6.73. The summed E-state index contributed by atoms with van der Waals surface area (Å²) in [4.78, 5) is 2.42. The summed E-state index contributed by atoms with van der Waals surface area (Å²) >= 11 is 0. The number of hydrogen-bond donors (Lipinski definition) is 1. The van der Waals surface area contributed by atoms with Crippen LogP contribution >= 0.6 is 0 Å². The third-order valence-corrected chi connectivity index (χ3v) is 3.89. The molecule has 2 rings (SSSR count). The zero-order valence-electron chi connectivity index (χ0n) is 10.9. The van der Waals surface area contributed by atoms with Gasteiger partial charge in [-0.3, -0.25) is 0 Å². The molecule has 0 aliphatic carbocycles. The minimum atomic E-state index is 0.424. The van der Waals surface area contributed by atoms with Gasteiger partial charge in [-0.2, -0.15) is 0 Å². The molecule has 2 unspecified atom stereocenters. The summed E-state index contributed by atoms with van der Waals surface area (Å²) in [5, 5.41) is 3.83. The van der Waals surface area contributed by atoms with E-state index in [2.05, 4.69) is 31.1 Å². The van der Waals surface area contributed by atoms with Crippen molar-refractivity contribution in [3.63, 3.8) is 0 Å². The topological polar surface area (TPSA) is 24.5 Å². The van der Waals surface area contributed by atoms with E-state index in [4.69, 9.17) is 4.74 Å². The van der Waals surface area contributed by atoms with Crippen LogP contribution in [-0.2, 0) is 4.74 Å². The van der Waals surface area contributed by atoms with Crippen LogP contribution in [0.1, 0.15) is 39.5 Å². The maximum Gasteiger partial charge on any atom is 0.0565 e. The molecule has 94 valence electrons. The highest BCUT2D eigenvalue weighted by Crippen LogP contribution is 2.21. The second kappa shape index (κ2) is 5.48. The summed E-state index contributed by atoms with van der Waals surface area (Å²) in [6, 6.07) is 1.41. The lowest BCUT2D eigenvalue weighted by molar-refractivity contribution is -0.0444. The van der Waals surface area contributed by atoms with Gasteiger partial charge in [-0.1, -0.05) is 0 Å². The maximum atomic E-state index is 5.77. The van der Waals surface area contributed by atoms with Gasteiger partial charge < -0.3 is 15.0 Å². The maximum absolute atomic E-state index is 5.77. The summed E-state index contributed by atoms with van der Waals surface area (Å²) in [6.07, 6.45) is 5.81. The molecule has 0 aromatic carbocycles. The molecule has 0 spiro atoms. The van der Waals surface area contributed by atoms with Crippen LogP contribution in [0.3, 0.4) is 0 Å². The van der Waals surface area contributed by atoms with Crippen LogP contribution in [0.25, 0.3) is 0 Å². The van der Waals surface area contributed by atoms with E-state index in [9.17, 15) is 0 Å². The van der Waals surface area contributed by atoms with E-state index < -0.39 is 0 Å². The fourth-order valence-corrected chi connectivity index (χ4v) is 3.05. The highest BCUT2D eigenvalue weighted by atomic mass is 16.5. The van der Waals surface area contributed by atoms with Crippen molar-refractivity contribution in [2.24, 2.45) is 0 Å². The van der Waals surface area contributed by atoms with Crippen LogP contribution in [-0.4, -0.2) is 49.3 Å². The molecule has 0 saturated carbocycles. The third-order valence-electron chi connectivity index (χ3n) is 3.89. The number of ether oxygens (including phenoxy) is 1. The van der Waals surface area contributed by atoms with Gasteiger partial charge in [0.25, 0.3) is 0 Å². The average Bonchev–Trinajstić information content (AvgIpc) is 2.20. The molecule has 2 aliphatic rings. The quantitative estimate of drug-likeness (QED) is 0.774. The van der Waals surface area contributed by atoms with Crippen LogP contribution in [0.15, 0.2) is 0 Å². The molecule has 2 fully saturated rings. The highest BCUT2D eigenvalue weighted by Gasteiger charge is 2.27. The Morgan fingerprint density at radius 2 is 1.56 bits per heavy atom. The normalized spacial score (nSPS) is 38.8. The zero-order valence-corrected chi connectivity index (χ0v) is 10.9. The van der Waals surface area contributed by atoms with E-state index in [0.29, 0.717) is 18.2 Å². The van der Waals surface area contributed by atoms with Crippen molar-refractivity contribution < 1.29 is 4.74 Å². The Morgan fingerprint density at radius 1 is 1.00 bits per heavy atom. The van der Waals surface area contributed by atoms with Crippen molar-refractivity contribution >= 4 is 0 Å². The molecule has 3 heteroatoms. The number of rotatable bonds is 2. The molecule has 16 heavy (non-hydrogen) atoms. The molecule has 0 aromatic heterocycles. The molecule has 0 amide bonds. The molecule has 2 aliphatic heterocycles. The third kappa shape index (κ3) is 3.44. The molecule has 1 N–H and O–H groups in total. The van der Waals surface area contributed by atoms with Crippen molar-refractivity contribution in [1.82, 2.24) is 10.2 Å². The minimum absolute atomic E-state index is 0.424. The first-order valence-corrected chi connectivity index (χ1v) is 6.73. The molecule has 2 heterocycles.